The number of halogens is 2. The van der Waals surface area contributed by atoms with Gasteiger partial charge in [0.25, 0.3) is 5.19 Å². The maximum Gasteiger partial charge on any atom is 0.294 e. The molecular formula is C22H18ClFN6O3S2. The quantitative estimate of drug-likeness (QED) is 0.364. The first-order valence-corrected chi connectivity index (χ1v) is 13.4. The highest BCUT2D eigenvalue weighted by atomic mass is 35.5. The number of sulfone groups is 1. The molecule has 13 heteroatoms. The third-order valence-electron chi connectivity index (χ3n) is 5.25. The number of nitrogens with zero attached hydrogens (tertiary/aromatic N) is 6. The number of hydrogen-bond donors (Lipinski definition) is 0. The predicted octanol–water partition coefficient (Wildman–Crippen LogP) is 4.17. The van der Waals surface area contributed by atoms with Crippen LogP contribution in [0.3, 0.4) is 0 Å². The third kappa shape index (κ3) is 4.90. The Kier molecular flexibility index (Phi) is 6.03. The van der Waals surface area contributed by atoms with Crippen molar-refractivity contribution in [3.63, 3.8) is 0 Å². The van der Waals surface area contributed by atoms with Crippen LogP contribution in [0.5, 0.6) is 5.19 Å². The zero-order chi connectivity index (χ0) is 24.7. The summed E-state index contributed by atoms with van der Waals surface area (Å²) >= 11 is 7.07. The molecule has 0 fully saturated rings. The summed E-state index contributed by atoms with van der Waals surface area (Å²) in [6.07, 6.45) is 11.3. The molecule has 0 saturated heterocycles. The molecule has 0 radical (unpaired) electrons. The summed E-state index contributed by atoms with van der Waals surface area (Å²) in [5, 5.41) is 5.28. The highest BCUT2D eigenvalue weighted by molar-refractivity contribution is 7.90. The monoisotopic (exact) mass is 532 g/mol. The van der Waals surface area contributed by atoms with E-state index in [0.717, 1.165) is 17.9 Å². The Morgan fingerprint density at radius 3 is 2.66 bits per heavy atom. The number of imidazole rings is 1. The molecule has 0 unspecified atom stereocenters. The maximum absolute atomic E-state index is 14.5. The molecular weight excluding hydrogens is 515 g/mol. The van der Waals surface area contributed by atoms with Crippen LogP contribution in [0.15, 0.2) is 65.6 Å². The Labute approximate surface area is 209 Å². The fraction of sp³-hybridized carbons (Fsp3) is 0.182. The molecule has 4 heterocycles. The van der Waals surface area contributed by atoms with Gasteiger partial charge in [-0.15, -0.1) is 5.10 Å². The fourth-order valence-corrected chi connectivity index (χ4v) is 4.96. The van der Waals surface area contributed by atoms with Gasteiger partial charge in [-0.1, -0.05) is 17.7 Å². The lowest BCUT2D eigenvalue weighted by atomic mass is 10.1. The van der Waals surface area contributed by atoms with Gasteiger partial charge >= 0.3 is 0 Å². The molecule has 9 nitrogen and oxygen atoms in total. The van der Waals surface area contributed by atoms with Crippen molar-refractivity contribution < 1.29 is 17.5 Å². The highest BCUT2D eigenvalue weighted by Crippen LogP contribution is 2.30. The van der Waals surface area contributed by atoms with Crippen molar-refractivity contribution in [1.29, 1.82) is 0 Å². The van der Waals surface area contributed by atoms with Crippen molar-refractivity contribution in [2.45, 2.75) is 17.9 Å². The SMILES string of the molecule is C[C@H](Oc1nn2cc(-c3ccc(S(C)(=O)=O)cc3F)nc2s1)C1=CCN(c2ncc(Cl)cn2)C=C1. The first-order chi connectivity index (χ1) is 16.7. The van der Waals surface area contributed by atoms with Gasteiger partial charge in [-0.25, -0.2) is 32.3 Å². The minimum Gasteiger partial charge on any atom is -0.461 e. The number of fused-ring (bicyclic) bond motifs is 1. The van der Waals surface area contributed by atoms with E-state index in [-0.39, 0.29) is 16.6 Å². The zero-order valence-corrected chi connectivity index (χ0v) is 20.8. The molecule has 1 atom stereocenters. The number of aromatic nitrogens is 5. The predicted molar refractivity (Wildman–Crippen MR) is 131 cm³/mol. The lowest BCUT2D eigenvalue weighted by molar-refractivity contribution is 0.256. The number of benzene rings is 1. The maximum atomic E-state index is 14.5. The van der Waals surface area contributed by atoms with Gasteiger partial charge in [0.15, 0.2) is 9.84 Å². The molecule has 4 aromatic rings. The van der Waals surface area contributed by atoms with Crippen LogP contribution in [0.4, 0.5) is 10.3 Å². The minimum absolute atomic E-state index is 0.0857. The molecule has 0 aliphatic carbocycles. The number of anilines is 1. The Morgan fingerprint density at radius 1 is 1.26 bits per heavy atom. The summed E-state index contributed by atoms with van der Waals surface area (Å²) in [4.78, 5) is 15.2. The average Bonchev–Trinajstić information content (AvgIpc) is 3.37. The number of hydrogen-bond acceptors (Lipinski definition) is 9. The van der Waals surface area contributed by atoms with E-state index in [0.29, 0.717) is 33.4 Å². The van der Waals surface area contributed by atoms with E-state index in [1.165, 1.54) is 28.0 Å². The zero-order valence-electron chi connectivity index (χ0n) is 18.5. The summed E-state index contributed by atoms with van der Waals surface area (Å²) in [7, 11) is -3.50. The summed E-state index contributed by atoms with van der Waals surface area (Å²) in [5.74, 6) is -0.119. The molecule has 0 amide bonds. The van der Waals surface area contributed by atoms with E-state index in [9.17, 15) is 12.8 Å². The standard InChI is InChI=1S/C22H18ClFN6O3S2/c1-13(14-5-7-29(8-6-14)20-25-10-15(23)11-26-20)33-22-28-30-12-19(27-21(30)34-22)17-4-3-16(9-18(17)24)35(2,31)32/h3-7,9-13H,8H2,1-2H3/t13-/m0/s1. The van der Waals surface area contributed by atoms with Gasteiger partial charge in [-0.2, -0.15) is 0 Å². The van der Waals surface area contributed by atoms with Gasteiger partial charge in [0, 0.05) is 24.6 Å². The molecule has 0 spiro atoms. The Bertz CT molecular complexity index is 1550. The lowest BCUT2D eigenvalue weighted by Crippen LogP contribution is -2.24. The summed E-state index contributed by atoms with van der Waals surface area (Å²) < 4.78 is 45.3. The van der Waals surface area contributed by atoms with Crippen LogP contribution in [-0.4, -0.2) is 51.9 Å². The van der Waals surface area contributed by atoms with Crippen molar-refractivity contribution in [2.75, 3.05) is 17.7 Å². The molecule has 1 aliphatic heterocycles. The number of rotatable bonds is 6. The van der Waals surface area contributed by atoms with E-state index in [2.05, 4.69) is 20.1 Å². The molecule has 1 aromatic carbocycles. The first kappa shape index (κ1) is 23.4. The largest absolute Gasteiger partial charge is 0.461 e. The van der Waals surface area contributed by atoms with Gasteiger partial charge in [-0.05, 0) is 48.1 Å². The normalized spacial score (nSPS) is 14.9. The molecule has 0 saturated carbocycles. The molecule has 1 aliphatic rings. The Morgan fingerprint density at radius 2 is 2.03 bits per heavy atom. The lowest BCUT2D eigenvalue weighted by Gasteiger charge is -2.22. The molecule has 35 heavy (non-hydrogen) atoms. The summed E-state index contributed by atoms with van der Waals surface area (Å²) in [6, 6.07) is 3.75. The van der Waals surface area contributed by atoms with Gasteiger partial charge < -0.3 is 9.64 Å². The van der Waals surface area contributed by atoms with Crippen LogP contribution in [0.2, 0.25) is 5.02 Å². The van der Waals surface area contributed by atoms with Crippen molar-refractivity contribution in [3.05, 3.63) is 71.6 Å². The van der Waals surface area contributed by atoms with E-state index >= 15 is 0 Å². The Hall–Kier alpha value is -3.35. The second kappa shape index (κ2) is 9.02. The smallest absolute Gasteiger partial charge is 0.294 e. The minimum atomic E-state index is -3.50. The molecule has 5 rings (SSSR count). The second-order valence-corrected chi connectivity index (χ2v) is 11.1. The molecule has 3 aromatic heterocycles. The van der Waals surface area contributed by atoms with Gasteiger partial charge in [0.1, 0.15) is 11.9 Å². The van der Waals surface area contributed by atoms with E-state index in [4.69, 9.17) is 16.3 Å². The highest BCUT2D eigenvalue weighted by Gasteiger charge is 2.19. The second-order valence-electron chi connectivity index (χ2n) is 7.77. The van der Waals surface area contributed by atoms with E-state index < -0.39 is 15.7 Å². The van der Waals surface area contributed by atoms with Crippen molar-refractivity contribution >= 4 is 43.7 Å². The summed E-state index contributed by atoms with van der Waals surface area (Å²) in [6.45, 7) is 2.49. The van der Waals surface area contributed by atoms with Gasteiger partial charge in [-0.3, -0.25) is 0 Å². The molecule has 0 bridgehead atoms. The number of ether oxygens (including phenoxy) is 1. The molecule has 0 N–H and O–H groups in total. The van der Waals surface area contributed by atoms with Crippen molar-refractivity contribution in [2.24, 2.45) is 0 Å². The van der Waals surface area contributed by atoms with Gasteiger partial charge in [0.2, 0.25) is 10.9 Å². The molecule has 180 valence electrons. The van der Waals surface area contributed by atoms with Crippen LogP contribution in [0.1, 0.15) is 6.92 Å². The van der Waals surface area contributed by atoms with Crippen molar-refractivity contribution in [1.82, 2.24) is 24.6 Å². The topological polar surface area (TPSA) is 103 Å². The fourth-order valence-electron chi connectivity index (χ4n) is 3.43. The van der Waals surface area contributed by atoms with Gasteiger partial charge in [0.05, 0.1) is 34.2 Å². The van der Waals surface area contributed by atoms with Crippen molar-refractivity contribution in [3.8, 4) is 16.5 Å². The average molecular weight is 533 g/mol. The van der Waals surface area contributed by atoms with Crippen LogP contribution in [-0.2, 0) is 9.84 Å². The van der Waals surface area contributed by atoms with Crippen LogP contribution in [0.25, 0.3) is 16.2 Å². The third-order valence-corrected chi connectivity index (χ3v) is 7.37. The summed E-state index contributed by atoms with van der Waals surface area (Å²) in [5.41, 5.74) is 1.51. The Balaban J connectivity index is 1.28. The van der Waals surface area contributed by atoms with Crippen LogP contribution in [0, 0.1) is 5.82 Å². The van der Waals surface area contributed by atoms with Crippen LogP contribution < -0.4 is 9.64 Å². The van der Waals surface area contributed by atoms with E-state index in [1.807, 2.05) is 30.2 Å². The first-order valence-electron chi connectivity index (χ1n) is 10.3. The van der Waals surface area contributed by atoms with Crippen LogP contribution >= 0.6 is 22.9 Å². The van der Waals surface area contributed by atoms with E-state index in [1.54, 1.807) is 18.6 Å².